The molecule has 2 rings (SSSR count). The molecule has 2 heteroatoms. The van der Waals surface area contributed by atoms with Crippen molar-refractivity contribution in [3.8, 4) is 5.95 Å². The maximum Gasteiger partial charge on any atom is 0.292 e. The van der Waals surface area contributed by atoms with Crippen LogP contribution in [-0.4, -0.2) is 7.11 Å². The summed E-state index contributed by atoms with van der Waals surface area (Å²) in [6, 6.07) is 7.89. The summed E-state index contributed by atoms with van der Waals surface area (Å²) in [5, 5.41) is 2.10. The van der Waals surface area contributed by atoms with Crippen molar-refractivity contribution in [2.24, 2.45) is 0 Å². The van der Waals surface area contributed by atoms with E-state index in [0.29, 0.717) is 5.95 Å². The topological polar surface area (TPSA) is 22.4 Å². The minimum Gasteiger partial charge on any atom is -0.468 e. The molecule has 0 fully saturated rings. The van der Waals surface area contributed by atoms with Gasteiger partial charge in [0.05, 0.1) is 12.5 Å². The van der Waals surface area contributed by atoms with E-state index in [0.717, 1.165) is 10.8 Å². The highest BCUT2D eigenvalue weighted by molar-refractivity contribution is 5.86. The lowest BCUT2D eigenvalue weighted by Crippen LogP contribution is -1.77. The minimum absolute atomic E-state index is 0.584. The van der Waals surface area contributed by atoms with E-state index in [-0.39, 0.29) is 0 Å². The second kappa shape index (κ2) is 2.31. The molecule has 0 aliphatic heterocycles. The van der Waals surface area contributed by atoms with E-state index in [1.165, 1.54) is 0 Å². The number of fused-ring (bicyclic) bond motifs is 1. The summed E-state index contributed by atoms with van der Waals surface area (Å²) in [7, 11) is 1.60. The fourth-order valence-electron chi connectivity index (χ4n) is 1.12. The number of benzene rings is 1. The van der Waals surface area contributed by atoms with Gasteiger partial charge in [0, 0.05) is 5.39 Å². The molecule has 0 amide bonds. The predicted octanol–water partition coefficient (Wildman–Crippen LogP) is 2.44. The Balaban J connectivity index is 2.76. The van der Waals surface area contributed by atoms with Gasteiger partial charge < -0.3 is 9.15 Å². The van der Waals surface area contributed by atoms with E-state index >= 15 is 0 Å². The van der Waals surface area contributed by atoms with Crippen LogP contribution < -0.4 is 4.74 Å². The highest BCUT2D eigenvalue weighted by atomic mass is 16.6. The van der Waals surface area contributed by atoms with Crippen LogP contribution in [0.2, 0.25) is 0 Å². The van der Waals surface area contributed by atoms with Crippen LogP contribution >= 0.6 is 0 Å². The fourth-order valence-corrected chi connectivity index (χ4v) is 1.12. The van der Waals surface area contributed by atoms with Crippen molar-refractivity contribution in [2.75, 3.05) is 7.11 Å². The maximum absolute atomic E-state index is 5.14. The van der Waals surface area contributed by atoms with E-state index in [2.05, 4.69) is 0 Å². The van der Waals surface area contributed by atoms with Crippen molar-refractivity contribution >= 4 is 10.8 Å². The first-order valence-electron chi connectivity index (χ1n) is 3.42. The van der Waals surface area contributed by atoms with Crippen molar-refractivity contribution in [1.29, 1.82) is 0 Å². The molecule has 0 aliphatic carbocycles. The van der Waals surface area contributed by atoms with Crippen LogP contribution in [0.5, 0.6) is 5.95 Å². The summed E-state index contributed by atoms with van der Waals surface area (Å²) >= 11 is 0. The number of rotatable bonds is 1. The first kappa shape index (κ1) is 6.28. The van der Waals surface area contributed by atoms with Crippen LogP contribution in [0.3, 0.4) is 0 Å². The average Bonchev–Trinajstić information content (AvgIpc) is 2.47. The molecule has 0 spiro atoms. The Morgan fingerprint density at radius 3 is 2.91 bits per heavy atom. The Labute approximate surface area is 64.4 Å². The minimum atomic E-state index is 0.584. The Hall–Kier alpha value is -1.44. The zero-order valence-electron chi connectivity index (χ0n) is 6.20. The highest BCUT2D eigenvalue weighted by Gasteiger charge is 2.02. The molecule has 1 aromatic heterocycles. The Morgan fingerprint density at radius 1 is 1.27 bits per heavy atom. The molecule has 2 nitrogen and oxygen atoms in total. The van der Waals surface area contributed by atoms with Gasteiger partial charge in [0.25, 0.3) is 5.95 Å². The van der Waals surface area contributed by atoms with Gasteiger partial charge in [0.1, 0.15) is 6.26 Å². The molecule has 2 aromatic rings. The third-order valence-corrected chi connectivity index (χ3v) is 1.66. The molecular formula is C9H8O2. The lowest BCUT2D eigenvalue weighted by molar-refractivity contribution is 0.309. The first-order valence-corrected chi connectivity index (χ1v) is 3.42. The fraction of sp³-hybridized carbons (Fsp3) is 0.111. The number of furan rings is 1. The molecule has 11 heavy (non-hydrogen) atoms. The summed E-state index contributed by atoms with van der Waals surface area (Å²) in [5.41, 5.74) is 0. The lowest BCUT2D eigenvalue weighted by Gasteiger charge is -1.91. The second-order valence-electron chi connectivity index (χ2n) is 2.31. The van der Waals surface area contributed by atoms with Gasteiger partial charge in [-0.2, -0.15) is 0 Å². The molecule has 1 aromatic carbocycles. The number of hydrogen-bond acceptors (Lipinski definition) is 2. The van der Waals surface area contributed by atoms with Crippen LogP contribution in [-0.2, 0) is 0 Å². The highest BCUT2D eigenvalue weighted by Crippen LogP contribution is 2.26. The zero-order chi connectivity index (χ0) is 7.68. The molecule has 0 radical (unpaired) electrons. The number of hydrogen-bond donors (Lipinski definition) is 0. The Bertz CT molecular complexity index is 362. The normalized spacial score (nSPS) is 10.3. The van der Waals surface area contributed by atoms with Crippen LogP contribution in [0.1, 0.15) is 0 Å². The molecule has 0 saturated heterocycles. The molecule has 56 valence electrons. The summed E-state index contributed by atoms with van der Waals surface area (Å²) in [5.74, 6) is 0.584. The molecule has 0 atom stereocenters. The number of methoxy groups -OCH3 is 1. The molecule has 0 bridgehead atoms. The molecule has 0 unspecified atom stereocenters. The van der Waals surface area contributed by atoms with Gasteiger partial charge in [0.2, 0.25) is 0 Å². The Kier molecular flexibility index (Phi) is 1.32. The van der Waals surface area contributed by atoms with Gasteiger partial charge in [-0.25, -0.2) is 0 Å². The smallest absolute Gasteiger partial charge is 0.292 e. The standard InChI is InChI=1S/C9H8O2/c1-10-9-8-5-3-2-4-7(8)6-11-9/h2-6H,1H3. The summed E-state index contributed by atoms with van der Waals surface area (Å²) in [4.78, 5) is 0. The van der Waals surface area contributed by atoms with Gasteiger partial charge in [-0.15, -0.1) is 0 Å². The van der Waals surface area contributed by atoms with Crippen LogP contribution in [0, 0.1) is 0 Å². The van der Waals surface area contributed by atoms with Gasteiger partial charge >= 0.3 is 0 Å². The van der Waals surface area contributed by atoms with Crippen molar-refractivity contribution in [1.82, 2.24) is 0 Å². The maximum atomic E-state index is 5.14. The van der Waals surface area contributed by atoms with Crippen molar-refractivity contribution in [3.05, 3.63) is 30.5 Å². The van der Waals surface area contributed by atoms with E-state index in [9.17, 15) is 0 Å². The van der Waals surface area contributed by atoms with E-state index in [4.69, 9.17) is 9.15 Å². The van der Waals surface area contributed by atoms with E-state index in [1.54, 1.807) is 13.4 Å². The second-order valence-corrected chi connectivity index (χ2v) is 2.31. The van der Waals surface area contributed by atoms with Crippen molar-refractivity contribution in [3.63, 3.8) is 0 Å². The predicted molar refractivity (Wildman–Crippen MR) is 42.8 cm³/mol. The summed E-state index contributed by atoms with van der Waals surface area (Å²) in [6.07, 6.45) is 1.69. The van der Waals surface area contributed by atoms with E-state index < -0.39 is 0 Å². The monoisotopic (exact) mass is 148 g/mol. The SMILES string of the molecule is COc1occ2ccccc12. The summed E-state index contributed by atoms with van der Waals surface area (Å²) < 4.78 is 10.1. The van der Waals surface area contributed by atoms with Crippen molar-refractivity contribution < 1.29 is 9.15 Å². The quantitative estimate of drug-likeness (QED) is 0.619. The molecule has 0 N–H and O–H groups in total. The zero-order valence-corrected chi connectivity index (χ0v) is 6.20. The van der Waals surface area contributed by atoms with Gasteiger partial charge in [-0.05, 0) is 6.07 Å². The summed E-state index contributed by atoms with van der Waals surface area (Å²) in [6.45, 7) is 0. The van der Waals surface area contributed by atoms with E-state index in [1.807, 2.05) is 24.3 Å². The molecule has 0 aliphatic rings. The van der Waals surface area contributed by atoms with Crippen molar-refractivity contribution in [2.45, 2.75) is 0 Å². The van der Waals surface area contributed by atoms with Gasteiger partial charge in [-0.3, -0.25) is 0 Å². The molecule has 0 saturated carbocycles. The van der Waals surface area contributed by atoms with Crippen LogP contribution in [0.25, 0.3) is 10.8 Å². The van der Waals surface area contributed by atoms with Crippen LogP contribution in [0.15, 0.2) is 34.9 Å². The average molecular weight is 148 g/mol. The lowest BCUT2D eigenvalue weighted by atomic mass is 10.2. The largest absolute Gasteiger partial charge is 0.468 e. The Morgan fingerprint density at radius 2 is 2.09 bits per heavy atom. The van der Waals surface area contributed by atoms with Gasteiger partial charge in [-0.1, -0.05) is 18.2 Å². The first-order chi connectivity index (χ1) is 5.42. The molecular weight excluding hydrogens is 140 g/mol. The van der Waals surface area contributed by atoms with Gasteiger partial charge in [0.15, 0.2) is 0 Å². The molecule has 1 heterocycles. The van der Waals surface area contributed by atoms with Crippen LogP contribution in [0.4, 0.5) is 0 Å². The third kappa shape index (κ3) is 0.871. The number of ether oxygens (including phenoxy) is 1. The third-order valence-electron chi connectivity index (χ3n) is 1.66.